The van der Waals surface area contributed by atoms with Crippen LogP contribution >= 0.6 is 0 Å². The molecule has 37 heavy (non-hydrogen) atoms. The van der Waals surface area contributed by atoms with E-state index in [0.29, 0.717) is 24.8 Å². The fourth-order valence-electron chi connectivity index (χ4n) is 5.37. The Balaban J connectivity index is 0.000000733. The van der Waals surface area contributed by atoms with Crippen molar-refractivity contribution in [2.75, 3.05) is 26.2 Å². The number of hydrogen-bond acceptors (Lipinski definition) is 4. The van der Waals surface area contributed by atoms with Crippen molar-refractivity contribution in [3.8, 4) is 11.5 Å². The molecule has 1 saturated heterocycles. The Morgan fingerprint density at radius 3 is 2.46 bits per heavy atom. The van der Waals surface area contributed by atoms with Crippen LogP contribution in [0.15, 0.2) is 35.9 Å². The number of hydrogen-bond donors (Lipinski definition) is 1. The van der Waals surface area contributed by atoms with Gasteiger partial charge in [-0.05, 0) is 78.0 Å². The maximum absolute atomic E-state index is 13.0. The van der Waals surface area contributed by atoms with Crippen LogP contribution in [0.25, 0.3) is 0 Å². The third-order valence-corrected chi connectivity index (χ3v) is 7.15. The van der Waals surface area contributed by atoms with Crippen LogP contribution in [0.3, 0.4) is 0 Å². The number of fused-ring (bicyclic) bond motifs is 3. The maximum atomic E-state index is 13.0. The molecule has 2 heterocycles. The number of nitrogens with zero attached hydrogens (tertiary/aromatic N) is 1. The molecule has 0 spiro atoms. The SMILES string of the molecule is C=C(C)C.CC.CCCCCc1cc(OC(=O)N2CCNCC2)c2c(c1)OC(C)(C)[C@@H]1CCC(C)=CC21. The van der Waals surface area contributed by atoms with Crippen LogP contribution in [0.5, 0.6) is 11.5 Å². The zero-order chi connectivity index (χ0) is 27.6. The lowest BCUT2D eigenvalue weighted by molar-refractivity contribution is 0.0107. The second-order valence-corrected chi connectivity index (χ2v) is 11.2. The summed E-state index contributed by atoms with van der Waals surface area (Å²) in [7, 11) is 0. The molecule has 0 bridgehead atoms. The summed E-state index contributed by atoms with van der Waals surface area (Å²) in [6, 6.07) is 4.30. The molecule has 5 heteroatoms. The van der Waals surface area contributed by atoms with E-state index in [1.165, 1.54) is 29.6 Å². The predicted molar refractivity (Wildman–Crippen MR) is 156 cm³/mol. The molecular weight excluding hydrogens is 460 g/mol. The number of carbonyl (C=O) groups excluding carboxylic acids is 1. The molecule has 1 aliphatic carbocycles. The smallest absolute Gasteiger partial charge is 0.415 e. The number of carbonyl (C=O) groups is 1. The van der Waals surface area contributed by atoms with E-state index in [2.05, 4.69) is 57.8 Å². The number of piperazine rings is 1. The van der Waals surface area contributed by atoms with Gasteiger partial charge in [-0.3, -0.25) is 0 Å². The van der Waals surface area contributed by atoms with Gasteiger partial charge in [0.15, 0.2) is 0 Å². The number of unbranched alkanes of at least 4 members (excludes halogenated alkanes) is 2. The first-order chi connectivity index (χ1) is 17.6. The molecule has 0 saturated carbocycles. The summed E-state index contributed by atoms with van der Waals surface area (Å²) in [6.07, 6.45) is 8.85. The first kappa shape index (κ1) is 31.0. The molecule has 4 rings (SSSR count). The Labute approximate surface area is 226 Å². The summed E-state index contributed by atoms with van der Waals surface area (Å²) >= 11 is 0. The van der Waals surface area contributed by atoms with E-state index >= 15 is 0 Å². The lowest BCUT2D eigenvalue weighted by Crippen LogP contribution is -2.48. The van der Waals surface area contributed by atoms with E-state index in [-0.39, 0.29) is 17.6 Å². The summed E-state index contributed by atoms with van der Waals surface area (Å²) in [4.78, 5) is 14.8. The summed E-state index contributed by atoms with van der Waals surface area (Å²) in [5.41, 5.74) is 4.60. The van der Waals surface area contributed by atoms with Crippen molar-refractivity contribution in [2.45, 2.75) is 105 Å². The number of amides is 1. The van der Waals surface area contributed by atoms with Crippen molar-refractivity contribution in [3.63, 3.8) is 0 Å². The first-order valence-electron chi connectivity index (χ1n) is 14.4. The number of benzene rings is 1. The predicted octanol–water partition coefficient (Wildman–Crippen LogP) is 8.04. The highest BCUT2D eigenvalue weighted by molar-refractivity contribution is 5.72. The van der Waals surface area contributed by atoms with Crippen LogP contribution < -0.4 is 14.8 Å². The molecule has 1 aromatic carbocycles. The molecule has 1 aromatic rings. The van der Waals surface area contributed by atoms with Gasteiger partial charge in [0.25, 0.3) is 0 Å². The Bertz CT molecular complexity index is 924. The van der Waals surface area contributed by atoms with E-state index in [1.807, 2.05) is 27.7 Å². The van der Waals surface area contributed by atoms with E-state index in [1.54, 1.807) is 4.90 Å². The van der Waals surface area contributed by atoms with Crippen molar-refractivity contribution in [1.29, 1.82) is 0 Å². The van der Waals surface area contributed by atoms with Crippen LogP contribution in [0, 0.1) is 5.92 Å². The third-order valence-electron chi connectivity index (χ3n) is 7.15. The number of rotatable bonds is 5. The Kier molecular flexibility index (Phi) is 12.2. The highest BCUT2D eigenvalue weighted by Crippen LogP contribution is 2.53. The average molecular weight is 513 g/mol. The summed E-state index contributed by atoms with van der Waals surface area (Å²) < 4.78 is 12.7. The molecule has 1 N–H and O–H groups in total. The van der Waals surface area contributed by atoms with Crippen molar-refractivity contribution in [2.24, 2.45) is 5.92 Å². The number of nitrogens with one attached hydrogen (secondary N) is 1. The van der Waals surface area contributed by atoms with E-state index < -0.39 is 0 Å². The molecule has 1 unspecified atom stereocenters. The van der Waals surface area contributed by atoms with Gasteiger partial charge in [-0.2, -0.15) is 0 Å². The van der Waals surface area contributed by atoms with Gasteiger partial charge in [0.2, 0.25) is 0 Å². The molecule has 1 fully saturated rings. The minimum absolute atomic E-state index is 0.225. The highest BCUT2D eigenvalue weighted by atomic mass is 16.6. The van der Waals surface area contributed by atoms with Gasteiger partial charge in [-0.15, -0.1) is 6.58 Å². The monoisotopic (exact) mass is 512 g/mol. The normalized spacial score (nSPS) is 21.4. The summed E-state index contributed by atoms with van der Waals surface area (Å²) in [5, 5.41) is 3.30. The fraction of sp³-hybridized carbons (Fsp3) is 0.656. The largest absolute Gasteiger partial charge is 0.487 e. The lowest BCUT2D eigenvalue weighted by atomic mass is 9.68. The molecule has 1 amide bonds. The molecule has 208 valence electrons. The van der Waals surface area contributed by atoms with E-state index in [9.17, 15) is 4.79 Å². The van der Waals surface area contributed by atoms with Gasteiger partial charge in [0.05, 0.1) is 0 Å². The molecular formula is C32H52N2O3. The average Bonchev–Trinajstić information content (AvgIpc) is 2.85. The topological polar surface area (TPSA) is 50.8 Å². The van der Waals surface area contributed by atoms with Gasteiger partial charge in [-0.1, -0.05) is 50.8 Å². The first-order valence-corrected chi connectivity index (χ1v) is 14.4. The second-order valence-electron chi connectivity index (χ2n) is 11.2. The summed E-state index contributed by atoms with van der Waals surface area (Å²) in [6.45, 7) is 23.3. The number of allylic oxidation sites excluding steroid dienone is 3. The van der Waals surface area contributed by atoms with E-state index in [0.717, 1.165) is 50.1 Å². The van der Waals surface area contributed by atoms with Gasteiger partial charge in [-0.25, -0.2) is 4.79 Å². The quantitative estimate of drug-likeness (QED) is 0.320. The maximum Gasteiger partial charge on any atom is 0.415 e. The molecule has 5 nitrogen and oxygen atoms in total. The van der Waals surface area contributed by atoms with Gasteiger partial charge in [0, 0.05) is 43.6 Å². The Morgan fingerprint density at radius 2 is 1.84 bits per heavy atom. The second kappa shape index (κ2) is 14.6. The van der Waals surface area contributed by atoms with Crippen LogP contribution in [0.1, 0.15) is 105 Å². The van der Waals surface area contributed by atoms with Crippen LogP contribution in [0.2, 0.25) is 0 Å². The molecule has 0 radical (unpaired) electrons. The molecule has 0 aromatic heterocycles. The fourth-order valence-corrected chi connectivity index (χ4v) is 5.37. The van der Waals surface area contributed by atoms with Crippen molar-refractivity contribution >= 4 is 6.09 Å². The van der Waals surface area contributed by atoms with Gasteiger partial charge < -0.3 is 19.7 Å². The number of aryl methyl sites for hydroxylation is 1. The Hall–Kier alpha value is -2.27. The minimum Gasteiger partial charge on any atom is -0.487 e. The standard InChI is InChI=1S/C26H38N2O3.C4H8.C2H6/c1-5-6-7-8-19-16-22(30-25(29)28-13-11-27-12-14-28)24-20-15-18(2)9-10-21(20)26(3,4)31-23(24)17-19;1-4(2)3;1-2/h15-17,20-21,27H,5-14H2,1-4H3;1H2,2-3H3;1-2H3/t20?,21-;;/m1../s1. The molecule has 2 atom stereocenters. The van der Waals surface area contributed by atoms with Crippen molar-refractivity contribution in [1.82, 2.24) is 10.2 Å². The Morgan fingerprint density at radius 1 is 1.19 bits per heavy atom. The van der Waals surface area contributed by atoms with Crippen molar-refractivity contribution < 1.29 is 14.3 Å². The number of ether oxygens (including phenoxy) is 2. The van der Waals surface area contributed by atoms with Crippen LogP contribution in [0.4, 0.5) is 4.79 Å². The van der Waals surface area contributed by atoms with Crippen molar-refractivity contribution in [3.05, 3.63) is 47.1 Å². The zero-order valence-electron chi connectivity index (χ0n) is 24.8. The van der Waals surface area contributed by atoms with Gasteiger partial charge >= 0.3 is 6.09 Å². The summed E-state index contributed by atoms with van der Waals surface area (Å²) in [5.74, 6) is 2.20. The van der Waals surface area contributed by atoms with Crippen LogP contribution in [-0.4, -0.2) is 42.8 Å². The molecule has 2 aliphatic heterocycles. The van der Waals surface area contributed by atoms with Crippen LogP contribution in [-0.2, 0) is 6.42 Å². The van der Waals surface area contributed by atoms with Gasteiger partial charge in [0.1, 0.15) is 17.1 Å². The van der Waals surface area contributed by atoms with E-state index in [4.69, 9.17) is 9.47 Å². The molecule has 3 aliphatic rings. The minimum atomic E-state index is -0.243. The zero-order valence-corrected chi connectivity index (χ0v) is 24.8. The highest BCUT2D eigenvalue weighted by Gasteiger charge is 2.45. The third kappa shape index (κ3) is 8.63. The lowest BCUT2D eigenvalue weighted by Gasteiger charge is -2.46.